The van der Waals surface area contributed by atoms with Crippen molar-refractivity contribution >= 4 is 5.52 Å². The zero-order valence-corrected chi connectivity index (χ0v) is 17.6. The average Bonchev–Trinajstić information content (AvgIpc) is 3.54. The highest BCUT2D eigenvalue weighted by atomic mass is 15.3. The summed E-state index contributed by atoms with van der Waals surface area (Å²) in [5.41, 5.74) is 4.76. The monoisotopic (exact) mass is 404 g/mol. The molecule has 0 saturated carbocycles. The molecule has 1 saturated heterocycles. The molecule has 1 unspecified atom stereocenters. The number of nitrogens with one attached hydrogen (secondary N) is 1. The molecule has 0 radical (unpaired) electrons. The summed E-state index contributed by atoms with van der Waals surface area (Å²) >= 11 is 0. The molecule has 8 heteroatoms. The van der Waals surface area contributed by atoms with Crippen LogP contribution in [0.25, 0.3) is 28.0 Å². The standard InChI is InChI=1S/C22H28N8/c1-3-18(4-2)28-14-17(11-26-28)22-21-7-9-24-30(21)15-20(27-22)16-10-25-29(13-16)19-6-5-8-23-12-19/h7,9-11,13-15,18-19,23H,3-6,8,12H2,1-2H3. The van der Waals surface area contributed by atoms with E-state index < -0.39 is 0 Å². The average molecular weight is 405 g/mol. The van der Waals surface area contributed by atoms with Crippen LogP contribution in [0.4, 0.5) is 0 Å². The quantitative estimate of drug-likeness (QED) is 0.530. The highest BCUT2D eigenvalue weighted by molar-refractivity contribution is 5.78. The zero-order valence-electron chi connectivity index (χ0n) is 17.6. The van der Waals surface area contributed by atoms with Crippen LogP contribution in [0.2, 0.25) is 0 Å². The number of piperidine rings is 1. The molecule has 0 aliphatic carbocycles. The van der Waals surface area contributed by atoms with Gasteiger partial charge in [0.25, 0.3) is 0 Å². The van der Waals surface area contributed by atoms with Gasteiger partial charge in [0.2, 0.25) is 0 Å². The van der Waals surface area contributed by atoms with Crippen LogP contribution in [0.15, 0.2) is 43.2 Å². The first-order chi connectivity index (χ1) is 14.8. The number of nitrogens with zero attached hydrogens (tertiary/aromatic N) is 7. The van der Waals surface area contributed by atoms with Crippen LogP contribution in [-0.4, -0.2) is 47.2 Å². The van der Waals surface area contributed by atoms with Gasteiger partial charge in [0.1, 0.15) is 0 Å². The van der Waals surface area contributed by atoms with E-state index in [1.54, 1.807) is 0 Å². The number of hydrogen-bond donors (Lipinski definition) is 1. The molecule has 4 aromatic rings. The minimum atomic E-state index is 0.402. The lowest BCUT2D eigenvalue weighted by atomic mass is 10.1. The summed E-state index contributed by atoms with van der Waals surface area (Å²) in [6, 6.07) is 2.81. The van der Waals surface area contributed by atoms with Crippen molar-refractivity contribution in [1.82, 2.24) is 39.5 Å². The lowest BCUT2D eigenvalue weighted by Gasteiger charge is -2.22. The molecule has 0 amide bonds. The van der Waals surface area contributed by atoms with Crippen molar-refractivity contribution < 1.29 is 0 Å². The van der Waals surface area contributed by atoms with Crippen LogP contribution in [0.1, 0.15) is 51.6 Å². The van der Waals surface area contributed by atoms with E-state index in [0.29, 0.717) is 12.1 Å². The molecule has 1 aliphatic heterocycles. The fourth-order valence-electron chi connectivity index (χ4n) is 4.33. The smallest absolute Gasteiger partial charge is 0.0999 e. The van der Waals surface area contributed by atoms with Gasteiger partial charge in [-0.25, -0.2) is 9.50 Å². The summed E-state index contributed by atoms with van der Waals surface area (Å²) in [4.78, 5) is 5.01. The first-order valence-electron chi connectivity index (χ1n) is 10.9. The van der Waals surface area contributed by atoms with Gasteiger partial charge in [-0.3, -0.25) is 9.36 Å². The molecular weight excluding hydrogens is 376 g/mol. The maximum absolute atomic E-state index is 5.01. The molecule has 1 N–H and O–H groups in total. The first-order valence-corrected chi connectivity index (χ1v) is 10.9. The summed E-state index contributed by atoms with van der Waals surface area (Å²) in [6.07, 6.45) is 16.3. The Morgan fingerprint density at radius 1 is 1.07 bits per heavy atom. The van der Waals surface area contributed by atoms with Gasteiger partial charge in [-0.05, 0) is 38.3 Å². The van der Waals surface area contributed by atoms with E-state index in [2.05, 4.69) is 56.2 Å². The minimum Gasteiger partial charge on any atom is -0.315 e. The molecule has 1 atom stereocenters. The lowest BCUT2D eigenvalue weighted by Crippen LogP contribution is -2.31. The summed E-state index contributed by atoms with van der Waals surface area (Å²) in [6.45, 7) is 6.45. The molecule has 1 aliphatic rings. The van der Waals surface area contributed by atoms with Crippen molar-refractivity contribution in [2.24, 2.45) is 0 Å². The molecule has 30 heavy (non-hydrogen) atoms. The van der Waals surface area contributed by atoms with Crippen molar-refractivity contribution in [3.05, 3.63) is 43.2 Å². The van der Waals surface area contributed by atoms with Crippen LogP contribution in [0.3, 0.4) is 0 Å². The van der Waals surface area contributed by atoms with E-state index >= 15 is 0 Å². The van der Waals surface area contributed by atoms with E-state index in [9.17, 15) is 0 Å². The van der Waals surface area contributed by atoms with Gasteiger partial charge in [0.05, 0.1) is 53.8 Å². The van der Waals surface area contributed by atoms with Crippen LogP contribution in [0.5, 0.6) is 0 Å². The van der Waals surface area contributed by atoms with E-state index in [-0.39, 0.29) is 0 Å². The van der Waals surface area contributed by atoms with Crippen molar-refractivity contribution in [2.75, 3.05) is 13.1 Å². The highest BCUT2D eigenvalue weighted by Crippen LogP contribution is 2.28. The highest BCUT2D eigenvalue weighted by Gasteiger charge is 2.18. The molecule has 4 aromatic heterocycles. The normalized spacial score (nSPS) is 17.2. The fraction of sp³-hybridized carbons (Fsp3) is 0.455. The van der Waals surface area contributed by atoms with Gasteiger partial charge in [-0.1, -0.05) is 13.8 Å². The first kappa shape index (κ1) is 19.0. The number of aromatic nitrogens is 7. The third-order valence-electron chi connectivity index (χ3n) is 6.12. The van der Waals surface area contributed by atoms with Crippen LogP contribution in [-0.2, 0) is 0 Å². The molecule has 0 aromatic carbocycles. The Labute approximate surface area is 175 Å². The summed E-state index contributed by atoms with van der Waals surface area (Å²) in [7, 11) is 0. The van der Waals surface area contributed by atoms with Gasteiger partial charge in [0.15, 0.2) is 0 Å². The van der Waals surface area contributed by atoms with Crippen LogP contribution >= 0.6 is 0 Å². The molecule has 5 heterocycles. The largest absolute Gasteiger partial charge is 0.315 e. The summed E-state index contributed by atoms with van der Waals surface area (Å²) in [5, 5.41) is 17.2. The van der Waals surface area contributed by atoms with Crippen molar-refractivity contribution in [2.45, 2.75) is 51.6 Å². The predicted octanol–water partition coefficient (Wildman–Crippen LogP) is 3.74. The van der Waals surface area contributed by atoms with Gasteiger partial charge < -0.3 is 5.32 Å². The molecule has 8 nitrogen and oxygen atoms in total. The van der Waals surface area contributed by atoms with Gasteiger partial charge >= 0.3 is 0 Å². The van der Waals surface area contributed by atoms with E-state index in [1.807, 2.05) is 35.4 Å². The lowest BCUT2D eigenvalue weighted by molar-refractivity contribution is 0.347. The summed E-state index contributed by atoms with van der Waals surface area (Å²) in [5.74, 6) is 0. The molecule has 1 fully saturated rings. The second-order valence-corrected chi connectivity index (χ2v) is 8.02. The fourth-order valence-corrected chi connectivity index (χ4v) is 4.33. The second kappa shape index (κ2) is 8.02. The summed E-state index contributed by atoms with van der Waals surface area (Å²) < 4.78 is 6.03. The molecule has 0 spiro atoms. The van der Waals surface area contributed by atoms with Crippen molar-refractivity contribution in [3.8, 4) is 22.5 Å². The number of hydrogen-bond acceptors (Lipinski definition) is 5. The third kappa shape index (κ3) is 3.41. The van der Waals surface area contributed by atoms with Crippen LogP contribution < -0.4 is 5.32 Å². The Bertz CT molecular complexity index is 1130. The van der Waals surface area contributed by atoms with Crippen LogP contribution in [0, 0.1) is 0 Å². The SMILES string of the molecule is CCC(CC)n1cc(-c2nc(-c3cnn(C4CCCNC4)c3)cn3nccc23)cn1. The maximum atomic E-state index is 5.01. The van der Waals surface area contributed by atoms with E-state index in [1.165, 1.54) is 6.42 Å². The molecule has 5 rings (SSSR count). The second-order valence-electron chi connectivity index (χ2n) is 8.02. The Kier molecular flexibility index (Phi) is 5.08. The predicted molar refractivity (Wildman–Crippen MR) is 116 cm³/mol. The number of fused-ring (bicyclic) bond motifs is 1. The van der Waals surface area contributed by atoms with Crippen molar-refractivity contribution in [3.63, 3.8) is 0 Å². The van der Waals surface area contributed by atoms with Gasteiger partial charge in [0, 0.05) is 30.1 Å². The van der Waals surface area contributed by atoms with E-state index in [4.69, 9.17) is 4.98 Å². The van der Waals surface area contributed by atoms with Gasteiger partial charge in [-0.15, -0.1) is 0 Å². The Hall–Kier alpha value is -3.00. The zero-order chi connectivity index (χ0) is 20.5. The molecular formula is C22H28N8. The van der Waals surface area contributed by atoms with Gasteiger partial charge in [-0.2, -0.15) is 15.3 Å². The number of rotatable bonds is 6. The third-order valence-corrected chi connectivity index (χ3v) is 6.12. The Morgan fingerprint density at radius 3 is 2.73 bits per heavy atom. The minimum absolute atomic E-state index is 0.402. The Morgan fingerprint density at radius 2 is 1.93 bits per heavy atom. The van der Waals surface area contributed by atoms with Crippen molar-refractivity contribution in [1.29, 1.82) is 0 Å². The Balaban J connectivity index is 1.53. The molecule has 156 valence electrons. The van der Waals surface area contributed by atoms with E-state index in [0.717, 1.165) is 60.4 Å². The molecule has 0 bridgehead atoms. The topological polar surface area (TPSA) is 77.9 Å². The maximum Gasteiger partial charge on any atom is 0.0999 e.